The summed E-state index contributed by atoms with van der Waals surface area (Å²) in [7, 11) is 0. The molecular weight excluding hydrogens is 272 g/mol. The molecule has 0 saturated heterocycles. The quantitative estimate of drug-likeness (QED) is 0.407. The molecule has 0 saturated carbocycles. The van der Waals surface area contributed by atoms with Crippen molar-refractivity contribution in [1.29, 1.82) is 0 Å². The molecule has 0 unspecified atom stereocenters. The largest absolute Gasteiger partial charge is 0.438 e. The maximum Gasteiger partial charge on any atom is 0.242 e. The molecule has 1 aromatic carbocycles. The molecule has 0 aliphatic rings. The number of hydrogen-bond acceptors (Lipinski definition) is 7. The molecule has 0 radical (unpaired) electrons. The maximum atomic E-state index is 8.90. The minimum Gasteiger partial charge on any atom is -0.438 e. The third-order valence-corrected chi connectivity index (χ3v) is 2.94. The van der Waals surface area contributed by atoms with Gasteiger partial charge in [0.05, 0.1) is 6.20 Å². The van der Waals surface area contributed by atoms with Crippen molar-refractivity contribution < 1.29 is 9.84 Å². The average molecular weight is 286 g/mol. The van der Waals surface area contributed by atoms with Crippen molar-refractivity contribution >= 4 is 17.0 Å². The summed E-state index contributed by atoms with van der Waals surface area (Å²) in [6, 6.07) is 7.41. The summed E-state index contributed by atoms with van der Waals surface area (Å²) in [5.74, 6) is 6.56. The van der Waals surface area contributed by atoms with Gasteiger partial charge in [-0.1, -0.05) is 12.1 Å². The fourth-order valence-electron chi connectivity index (χ4n) is 1.92. The highest BCUT2D eigenvalue weighted by atomic mass is 16.5. The Balaban J connectivity index is 1.91. The zero-order valence-corrected chi connectivity index (χ0v) is 11.1. The van der Waals surface area contributed by atoms with Crippen LogP contribution >= 0.6 is 0 Å². The van der Waals surface area contributed by atoms with Crippen LogP contribution in [0.5, 0.6) is 11.6 Å². The monoisotopic (exact) mass is 286 g/mol. The Morgan fingerprint density at radius 3 is 2.76 bits per heavy atom. The summed E-state index contributed by atoms with van der Waals surface area (Å²) in [5.41, 5.74) is 3.95. The number of nitrogens with one attached hydrogen (secondary N) is 2. The number of aliphatic hydroxyl groups is 1. The number of aliphatic hydroxyl groups excluding tert-OH is 1. The maximum absolute atomic E-state index is 8.90. The first-order chi connectivity index (χ1) is 10.3. The fraction of sp³-hybridized carbons (Fsp3) is 0.154. The van der Waals surface area contributed by atoms with E-state index in [-0.39, 0.29) is 12.6 Å². The van der Waals surface area contributed by atoms with Gasteiger partial charge in [-0.2, -0.15) is 15.1 Å². The number of aromatic amines is 1. The topological polar surface area (TPSA) is 122 Å². The normalized spacial score (nSPS) is 10.8. The van der Waals surface area contributed by atoms with E-state index in [0.717, 1.165) is 5.56 Å². The van der Waals surface area contributed by atoms with Crippen LogP contribution in [-0.2, 0) is 6.42 Å². The van der Waals surface area contributed by atoms with E-state index in [1.807, 2.05) is 24.3 Å². The molecule has 0 aliphatic carbocycles. The minimum absolute atomic E-state index is 0.118. The van der Waals surface area contributed by atoms with Gasteiger partial charge < -0.3 is 9.84 Å². The number of hydrazine groups is 1. The zero-order valence-electron chi connectivity index (χ0n) is 11.1. The van der Waals surface area contributed by atoms with E-state index in [2.05, 4.69) is 25.6 Å². The van der Waals surface area contributed by atoms with Gasteiger partial charge in [0.15, 0.2) is 5.65 Å². The van der Waals surface area contributed by atoms with Crippen LogP contribution in [0.2, 0.25) is 0 Å². The van der Waals surface area contributed by atoms with Gasteiger partial charge in [-0.3, -0.25) is 10.5 Å². The lowest BCUT2D eigenvalue weighted by atomic mass is 10.1. The number of benzene rings is 1. The zero-order chi connectivity index (χ0) is 14.7. The smallest absolute Gasteiger partial charge is 0.242 e. The molecule has 3 rings (SSSR count). The summed E-state index contributed by atoms with van der Waals surface area (Å²) < 4.78 is 5.76. The van der Waals surface area contributed by atoms with Gasteiger partial charge in [-0.15, -0.1) is 0 Å². The predicted octanol–water partition coefficient (Wildman–Crippen LogP) is 0.966. The summed E-state index contributed by atoms with van der Waals surface area (Å²) in [4.78, 5) is 8.30. The van der Waals surface area contributed by atoms with Crippen LogP contribution in [-0.4, -0.2) is 31.9 Å². The summed E-state index contributed by atoms with van der Waals surface area (Å²) in [6.07, 6.45) is 2.20. The predicted molar refractivity (Wildman–Crippen MR) is 76.8 cm³/mol. The van der Waals surface area contributed by atoms with E-state index in [0.29, 0.717) is 29.1 Å². The molecule has 5 N–H and O–H groups in total. The summed E-state index contributed by atoms with van der Waals surface area (Å²) in [6.45, 7) is 0.118. The summed E-state index contributed by atoms with van der Waals surface area (Å²) in [5, 5.41) is 16.2. The van der Waals surface area contributed by atoms with Gasteiger partial charge >= 0.3 is 0 Å². The SMILES string of the molecule is NNc1nc(Oc2ccc(CCO)cc2)c2cn[nH]c2n1. The highest BCUT2D eigenvalue weighted by molar-refractivity contribution is 5.80. The number of H-pyrrole nitrogens is 1. The molecule has 0 aliphatic heterocycles. The van der Waals surface area contributed by atoms with Crippen molar-refractivity contribution in [3.63, 3.8) is 0 Å². The van der Waals surface area contributed by atoms with Crippen molar-refractivity contribution in [2.24, 2.45) is 5.84 Å². The first-order valence-corrected chi connectivity index (χ1v) is 6.35. The Bertz CT molecular complexity index is 740. The van der Waals surface area contributed by atoms with Gasteiger partial charge in [-0.25, -0.2) is 5.84 Å². The Morgan fingerprint density at radius 1 is 1.24 bits per heavy atom. The molecular formula is C13H14N6O2. The first-order valence-electron chi connectivity index (χ1n) is 6.35. The second kappa shape index (κ2) is 5.73. The Labute approximate surface area is 120 Å². The van der Waals surface area contributed by atoms with Crippen LogP contribution in [0, 0.1) is 0 Å². The van der Waals surface area contributed by atoms with Crippen LogP contribution in [0.4, 0.5) is 5.95 Å². The third-order valence-electron chi connectivity index (χ3n) is 2.94. The number of nitrogens with zero attached hydrogens (tertiary/aromatic N) is 3. The van der Waals surface area contributed by atoms with Crippen molar-refractivity contribution in [2.75, 3.05) is 12.0 Å². The van der Waals surface area contributed by atoms with Gasteiger partial charge in [0.25, 0.3) is 0 Å². The van der Waals surface area contributed by atoms with Gasteiger partial charge in [0.2, 0.25) is 11.8 Å². The Morgan fingerprint density at radius 2 is 2.05 bits per heavy atom. The number of ether oxygens (including phenoxy) is 1. The number of nitrogen functional groups attached to an aromatic ring is 1. The third kappa shape index (κ3) is 2.76. The number of rotatable bonds is 5. The van der Waals surface area contributed by atoms with Gasteiger partial charge in [-0.05, 0) is 24.1 Å². The molecule has 0 fully saturated rings. The molecule has 0 atom stereocenters. The van der Waals surface area contributed by atoms with Crippen LogP contribution in [0.15, 0.2) is 30.5 Å². The van der Waals surface area contributed by atoms with Gasteiger partial charge in [0, 0.05) is 6.61 Å². The Hall–Kier alpha value is -2.71. The standard InChI is InChI=1S/C13H14N6O2/c14-18-13-16-11-10(7-15-19-11)12(17-13)21-9-3-1-8(2-4-9)5-6-20/h1-4,7,20H,5-6,14H2,(H2,15,16,17,18,19). The van der Waals surface area contributed by atoms with Crippen LogP contribution < -0.4 is 16.0 Å². The second-order valence-corrected chi connectivity index (χ2v) is 4.35. The highest BCUT2D eigenvalue weighted by Gasteiger charge is 2.11. The fourth-order valence-corrected chi connectivity index (χ4v) is 1.92. The van der Waals surface area contributed by atoms with Crippen molar-refractivity contribution in [3.8, 4) is 11.6 Å². The van der Waals surface area contributed by atoms with E-state index < -0.39 is 0 Å². The Kier molecular flexibility index (Phi) is 3.63. The molecule has 108 valence electrons. The molecule has 0 amide bonds. The van der Waals surface area contributed by atoms with Crippen molar-refractivity contribution in [3.05, 3.63) is 36.0 Å². The first kappa shape index (κ1) is 13.3. The van der Waals surface area contributed by atoms with E-state index in [9.17, 15) is 0 Å². The molecule has 8 heteroatoms. The molecule has 2 heterocycles. The van der Waals surface area contributed by atoms with Crippen LogP contribution in [0.25, 0.3) is 11.0 Å². The van der Waals surface area contributed by atoms with E-state index in [4.69, 9.17) is 15.7 Å². The van der Waals surface area contributed by atoms with E-state index >= 15 is 0 Å². The average Bonchev–Trinajstić information content (AvgIpc) is 2.98. The van der Waals surface area contributed by atoms with Crippen molar-refractivity contribution in [2.45, 2.75) is 6.42 Å². The second-order valence-electron chi connectivity index (χ2n) is 4.35. The molecule has 21 heavy (non-hydrogen) atoms. The molecule has 2 aromatic heterocycles. The number of fused-ring (bicyclic) bond motifs is 1. The molecule has 0 bridgehead atoms. The van der Waals surface area contributed by atoms with E-state index in [1.54, 1.807) is 6.20 Å². The van der Waals surface area contributed by atoms with Gasteiger partial charge in [0.1, 0.15) is 11.1 Å². The minimum atomic E-state index is 0.118. The van der Waals surface area contributed by atoms with Crippen LogP contribution in [0.1, 0.15) is 5.56 Å². The molecule has 8 nitrogen and oxygen atoms in total. The number of hydrogen-bond donors (Lipinski definition) is 4. The lowest BCUT2D eigenvalue weighted by Gasteiger charge is -2.07. The number of nitrogens with two attached hydrogens (primary N) is 1. The van der Waals surface area contributed by atoms with Crippen molar-refractivity contribution in [1.82, 2.24) is 20.2 Å². The highest BCUT2D eigenvalue weighted by Crippen LogP contribution is 2.27. The van der Waals surface area contributed by atoms with E-state index in [1.165, 1.54) is 0 Å². The van der Waals surface area contributed by atoms with Crippen LogP contribution in [0.3, 0.4) is 0 Å². The lowest BCUT2D eigenvalue weighted by molar-refractivity contribution is 0.299. The number of anilines is 1. The number of aromatic nitrogens is 4. The molecule has 3 aromatic rings. The lowest BCUT2D eigenvalue weighted by Crippen LogP contribution is -2.10. The summed E-state index contributed by atoms with van der Waals surface area (Å²) >= 11 is 0. The molecule has 0 spiro atoms.